The molecule has 0 spiro atoms. The Hall–Kier alpha value is -3.65. The number of nitriles is 1. The van der Waals surface area contributed by atoms with Gasteiger partial charge in [-0.05, 0) is 49.8 Å². The minimum Gasteiger partial charge on any atom is -0.490 e. The summed E-state index contributed by atoms with van der Waals surface area (Å²) in [5.41, 5.74) is 5.36. The number of aryl methyl sites for hydroxylation is 1. The van der Waals surface area contributed by atoms with Gasteiger partial charge in [-0.1, -0.05) is 11.6 Å². The van der Waals surface area contributed by atoms with Gasteiger partial charge in [0.2, 0.25) is 0 Å². The monoisotopic (exact) mass is 537 g/mol. The molecule has 2 heterocycles. The first kappa shape index (κ1) is 24.7. The maximum absolute atomic E-state index is 15.7. The molecule has 0 radical (unpaired) electrons. The Bertz CT molecular complexity index is 1510. The van der Waals surface area contributed by atoms with Crippen molar-refractivity contribution in [1.82, 2.24) is 15.2 Å². The Morgan fingerprint density at radius 3 is 2.55 bits per heavy atom. The van der Waals surface area contributed by atoms with Crippen LogP contribution in [0.3, 0.4) is 0 Å². The highest BCUT2D eigenvalue weighted by atomic mass is 35.5. The second-order valence-electron chi connectivity index (χ2n) is 9.73. The lowest BCUT2D eigenvalue weighted by molar-refractivity contribution is 0.101. The zero-order valence-electron chi connectivity index (χ0n) is 20.5. The molecule has 0 bridgehead atoms. The van der Waals surface area contributed by atoms with Crippen molar-refractivity contribution in [3.8, 4) is 40.0 Å². The van der Waals surface area contributed by atoms with Gasteiger partial charge in [-0.25, -0.2) is 4.39 Å². The number of hydrazone groups is 1. The SMILES string of the molecule is Cn1ncc(-c2cc(OC3CCC3)c3c(c2)C(CO)=NNC3O)c1-c1c(F)c(Cl)cc(OC2CC2)c1C#N. The molecule has 3 aliphatic rings. The number of aliphatic hydroxyl groups excluding tert-OH is 2. The van der Waals surface area contributed by atoms with Crippen LogP contribution in [0.1, 0.15) is 55.0 Å². The molecule has 11 heteroatoms. The lowest BCUT2D eigenvalue weighted by atomic mass is 9.91. The summed E-state index contributed by atoms with van der Waals surface area (Å²) in [6, 6.07) is 6.96. The van der Waals surface area contributed by atoms with E-state index in [4.69, 9.17) is 21.1 Å². The van der Waals surface area contributed by atoms with Gasteiger partial charge in [0.25, 0.3) is 0 Å². The molecule has 196 valence electrons. The summed E-state index contributed by atoms with van der Waals surface area (Å²) in [6.45, 7) is -0.373. The number of fused-ring (bicyclic) bond motifs is 1. The Kier molecular flexibility index (Phi) is 6.22. The third kappa shape index (κ3) is 4.17. The Labute approximate surface area is 223 Å². The van der Waals surface area contributed by atoms with Crippen molar-refractivity contribution in [1.29, 1.82) is 5.26 Å². The van der Waals surface area contributed by atoms with E-state index in [-0.39, 0.29) is 40.7 Å². The molecule has 1 aromatic heterocycles. The summed E-state index contributed by atoms with van der Waals surface area (Å²) < 4.78 is 29.3. The van der Waals surface area contributed by atoms with Crippen LogP contribution in [0, 0.1) is 17.1 Å². The zero-order chi connectivity index (χ0) is 26.6. The van der Waals surface area contributed by atoms with Crippen molar-refractivity contribution >= 4 is 17.3 Å². The third-order valence-corrected chi connectivity index (χ3v) is 7.42. The van der Waals surface area contributed by atoms with Gasteiger partial charge in [0.1, 0.15) is 23.1 Å². The van der Waals surface area contributed by atoms with Crippen LogP contribution in [0.4, 0.5) is 4.39 Å². The minimum atomic E-state index is -1.13. The number of ether oxygens (including phenoxy) is 2. The maximum atomic E-state index is 15.7. The largest absolute Gasteiger partial charge is 0.490 e. The van der Waals surface area contributed by atoms with E-state index in [0.29, 0.717) is 39.4 Å². The van der Waals surface area contributed by atoms with Crippen LogP contribution in [-0.2, 0) is 7.05 Å². The van der Waals surface area contributed by atoms with Crippen LogP contribution in [0.25, 0.3) is 22.4 Å². The number of nitrogens with zero attached hydrogens (tertiary/aromatic N) is 4. The molecular weight excluding hydrogens is 513 g/mol. The predicted molar refractivity (Wildman–Crippen MR) is 137 cm³/mol. The standard InChI is InChI=1S/C27H25ClFN5O4/c1-34-26(24-17(10-30)21(37-15-5-6-15)9-19(28)25(24)29)18(11-31-34)13-7-16-20(12-35)32-33-27(36)23(16)22(8-13)38-14-3-2-4-14/h7-9,11,14-15,27,33,35-36H,2-6,12H2,1H3. The van der Waals surface area contributed by atoms with E-state index in [0.717, 1.165) is 32.1 Å². The molecule has 9 nitrogen and oxygen atoms in total. The summed E-state index contributed by atoms with van der Waals surface area (Å²) in [7, 11) is 1.65. The summed E-state index contributed by atoms with van der Waals surface area (Å²) >= 11 is 6.28. The Balaban J connectivity index is 1.56. The highest BCUT2D eigenvalue weighted by Gasteiger charge is 2.32. The average Bonchev–Trinajstić information content (AvgIpc) is 3.62. The molecule has 1 unspecified atom stereocenters. The Morgan fingerprint density at radius 1 is 1.16 bits per heavy atom. The van der Waals surface area contributed by atoms with E-state index in [1.807, 2.05) is 0 Å². The fourth-order valence-corrected chi connectivity index (χ4v) is 4.99. The number of aliphatic hydroxyl groups is 2. The first-order valence-corrected chi connectivity index (χ1v) is 12.8. The van der Waals surface area contributed by atoms with Crippen molar-refractivity contribution in [2.75, 3.05) is 6.61 Å². The molecule has 2 saturated carbocycles. The highest BCUT2D eigenvalue weighted by molar-refractivity contribution is 6.31. The fourth-order valence-electron chi connectivity index (χ4n) is 4.79. The molecule has 1 atom stereocenters. The normalized spacial score (nSPS) is 18.6. The van der Waals surface area contributed by atoms with Crippen molar-refractivity contribution in [2.45, 2.75) is 50.5 Å². The lowest BCUT2D eigenvalue weighted by Gasteiger charge is -2.31. The van der Waals surface area contributed by atoms with Gasteiger partial charge >= 0.3 is 0 Å². The Morgan fingerprint density at radius 2 is 1.89 bits per heavy atom. The maximum Gasteiger partial charge on any atom is 0.169 e. The van der Waals surface area contributed by atoms with Crippen LogP contribution >= 0.6 is 11.6 Å². The molecule has 6 rings (SSSR count). The number of aromatic nitrogens is 2. The predicted octanol–water partition coefficient (Wildman–Crippen LogP) is 4.18. The van der Waals surface area contributed by atoms with Gasteiger partial charge < -0.3 is 19.7 Å². The number of halogens is 2. The van der Waals surface area contributed by atoms with Crippen LogP contribution in [0.15, 0.2) is 29.5 Å². The fraction of sp³-hybridized carbons (Fsp3) is 0.370. The smallest absolute Gasteiger partial charge is 0.169 e. The van der Waals surface area contributed by atoms with Crippen LogP contribution in [0.2, 0.25) is 5.02 Å². The van der Waals surface area contributed by atoms with E-state index in [1.165, 1.54) is 10.7 Å². The molecule has 2 aliphatic carbocycles. The second-order valence-corrected chi connectivity index (χ2v) is 10.1. The molecule has 2 aromatic carbocycles. The van der Waals surface area contributed by atoms with Crippen molar-refractivity contribution in [3.05, 3.63) is 51.9 Å². The molecule has 1 aliphatic heterocycles. The first-order chi connectivity index (χ1) is 18.4. The quantitative estimate of drug-likeness (QED) is 0.413. The van der Waals surface area contributed by atoms with Gasteiger partial charge in [0.05, 0.1) is 52.6 Å². The number of nitrogens with one attached hydrogen (secondary N) is 1. The third-order valence-electron chi connectivity index (χ3n) is 7.14. The van der Waals surface area contributed by atoms with E-state index in [2.05, 4.69) is 21.7 Å². The number of hydrogen-bond acceptors (Lipinski definition) is 8. The molecule has 3 N–H and O–H groups in total. The molecule has 0 saturated heterocycles. The van der Waals surface area contributed by atoms with Crippen molar-refractivity contribution in [3.63, 3.8) is 0 Å². The number of hydrogen-bond donors (Lipinski definition) is 3. The molecule has 0 amide bonds. The first-order valence-electron chi connectivity index (χ1n) is 12.5. The summed E-state index contributed by atoms with van der Waals surface area (Å²) in [4.78, 5) is 0. The number of rotatable bonds is 7. The summed E-state index contributed by atoms with van der Waals surface area (Å²) in [5, 5.41) is 39.0. The molecule has 38 heavy (non-hydrogen) atoms. The second kappa shape index (κ2) is 9.58. The van der Waals surface area contributed by atoms with Gasteiger partial charge in [0, 0.05) is 24.2 Å². The lowest BCUT2D eigenvalue weighted by Crippen LogP contribution is -2.30. The van der Waals surface area contributed by atoms with Crippen LogP contribution < -0.4 is 14.9 Å². The van der Waals surface area contributed by atoms with E-state index in [1.54, 1.807) is 25.4 Å². The van der Waals surface area contributed by atoms with E-state index in [9.17, 15) is 15.5 Å². The van der Waals surface area contributed by atoms with Gasteiger partial charge in [-0.3, -0.25) is 10.1 Å². The molecule has 2 fully saturated rings. The van der Waals surface area contributed by atoms with Gasteiger partial charge in [0.15, 0.2) is 12.0 Å². The average molecular weight is 538 g/mol. The summed E-state index contributed by atoms with van der Waals surface area (Å²) in [6.07, 6.45) is 4.99. The van der Waals surface area contributed by atoms with Gasteiger partial charge in [-0.15, -0.1) is 0 Å². The van der Waals surface area contributed by atoms with Gasteiger partial charge in [-0.2, -0.15) is 15.5 Å². The minimum absolute atomic E-state index is 0.00376. The van der Waals surface area contributed by atoms with E-state index >= 15 is 4.39 Å². The summed E-state index contributed by atoms with van der Waals surface area (Å²) in [5.74, 6) is -0.0908. The van der Waals surface area contributed by atoms with E-state index < -0.39 is 12.0 Å². The van der Waals surface area contributed by atoms with Crippen molar-refractivity contribution in [2.24, 2.45) is 12.1 Å². The van der Waals surface area contributed by atoms with Crippen molar-refractivity contribution < 1.29 is 24.1 Å². The molecular formula is C27H25ClFN5O4. The molecule has 3 aromatic rings. The number of benzene rings is 2. The zero-order valence-corrected chi connectivity index (χ0v) is 21.3. The highest BCUT2D eigenvalue weighted by Crippen LogP contribution is 2.45. The van der Waals surface area contributed by atoms with Crippen LogP contribution in [0.5, 0.6) is 11.5 Å². The topological polar surface area (TPSA) is 125 Å². The van der Waals surface area contributed by atoms with Crippen LogP contribution in [-0.4, -0.2) is 44.5 Å².